The van der Waals surface area contributed by atoms with Crippen LogP contribution in [0.5, 0.6) is 5.88 Å². The highest BCUT2D eigenvalue weighted by Crippen LogP contribution is 2.46. The molecule has 0 saturated carbocycles. The van der Waals surface area contributed by atoms with E-state index in [4.69, 9.17) is 9.16 Å². The van der Waals surface area contributed by atoms with E-state index in [0.717, 1.165) is 24.3 Å². The summed E-state index contributed by atoms with van der Waals surface area (Å²) in [6, 6.07) is 10.7. The van der Waals surface area contributed by atoms with Crippen LogP contribution in [0.15, 0.2) is 36.5 Å². The van der Waals surface area contributed by atoms with E-state index in [1.807, 2.05) is 12.3 Å². The highest BCUT2D eigenvalue weighted by atomic mass is 28.4. The Morgan fingerprint density at radius 3 is 2.34 bits per heavy atom. The van der Waals surface area contributed by atoms with Crippen molar-refractivity contribution >= 4 is 8.32 Å². The van der Waals surface area contributed by atoms with Crippen molar-refractivity contribution in [2.75, 3.05) is 6.61 Å². The molecule has 0 fully saturated rings. The van der Waals surface area contributed by atoms with Crippen molar-refractivity contribution in [2.45, 2.75) is 78.6 Å². The molecule has 1 atom stereocenters. The lowest BCUT2D eigenvalue weighted by Gasteiger charge is -2.38. The zero-order valence-corrected chi connectivity index (χ0v) is 20.4. The zero-order valence-electron chi connectivity index (χ0n) is 19.4. The van der Waals surface area contributed by atoms with Gasteiger partial charge >= 0.3 is 0 Å². The van der Waals surface area contributed by atoms with E-state index in [-0.39, 0.29) is 16.6 Å². The van der Waals surface area contributed by atoms with Crippen LogP contribution in [-0.4, -0.2) is 19.9 Å². The third-order valence-electron chi connectivity index (χ3n) is 6.16. The van der Waals surface area contributed by atoms with E-state index < -0.39 is 8.32 Å². The Bertz CT molecular complexity index is 862. The number of hydrogen-bond acceptors (Lipinski definition) is 3. The number of hydrogen-bond donors (Lipinski definition) is 0. The predicted molar refractivity (Wildman–Crippen MR) is 124 cm³/mol. The van der Waals surface area contributed by atoms with Crippen LogP contribution >= 0.6 is 0 Å². The summed E-state index contributed by atoms with van der Waals surface area (Å²) in [6.07, 6.45) is 4.10. The summed E-state index contributed by atoms with van der Waals surface area (Å²) >= 11 is 0. The molecule has 3 nitrogen and oxygen atoms in total. The van der Waals surface area contributed by atoms with Gasteiger partial charge in [-0.15, -0.1) is 0 Å². The van der Waals surface area contributed by atoms with Crippen LogP contribution < -0.4 is 4.74 Å². The number of aromatic nitrogens is 1. The molecule has 1 aromatic carbocycles. The molecule has 0 unspecified atom stereocenters. The quantitative estimate of drug-likeness (QED) is 0.488. The van der Waals surface area contributed by atoms with Crippen LogP contribution in [0.3, 0.4) is 0 Å². The van der Waals surface area contributed by atoms with Gasteiger partial charge in [0.05, 0.1) is 12.7 Å². The summed E-state index contributed by atoms with van der Waals surface area (Å²) in [7, 11) is -1.82. The third-order valence-corrected chi connectivity index (χ3v) is 10.6. The molecule has 4 heteroatoms. The van der Waals surface area contributed by atoms with Crippen molar-refractivity contribution in [1.29, 1.82) is 0 Å². The standard InChI is InChI=1S/C25H37NO2Si/c1-24(2,3)17-27-23-21(13-10-16-26-23)18-11-9-12-20-19(18)14-15-22(20)28-29(7,8)25(4,5)6/h9-13,16,22H,14-15,17H2,1-8H3/t22-/m0/s1. The van der Waals surface area contributed by atoms with Gasteiger partial charge < -0.3 is 9.16 Å². The molecule has 0 spiro atoms. The molecule has 2 aromatic rings. The first-order valence-electron chi connectivity index (χ1n) is 10.8. The average molecular weight is 412 g/mol. The monoisotopic (exact) mass is 411 g/mol. The van der Waals surface area contributed by atoms with Gasteiger partial charge in [0.25, 0.3) is 0 Å². The maximum Gasteiger partial charge on any atom is 0.221 e. The summed E-state index contributed by atoms with van der Waals surface area (Å²) < 4.78 is 12.9. The van der Waals surface area contributed by atoms with Crippen LogP contribution in [-0.2, 0) is 10.8 Å². The minimum absolute atomic E-state index is 0.0928. The van der Waals surface area contributed by atoms with Gasteiger partial charge in [-0.25, -0.2) is 4.98 Å². The van der Waals surface area contributed by atoms with Gasteiger partial charge in [-0.05, 0) is 65.2 Å². The fraction of sp³-hybridized carbons (Fsp3) is 0.560. The lowest BCUT2D eigenvalue weighted by atomic mass is 9.97. The molecule has 1 aromatic heterocycles. The first-order valence-corrected chi connectivity index (χ1v) is 13.7. The summed E-state index contributed by atoms with van der Waals surface area (Å²) in [4.78, 5) is 4.55. The molecule has 0 bridgehead atoms. The SMILES string of the molecule is CC(C)(C)COc1ncccc1-c1cccc2c1CC[C@@H]2O[Si](C)(C)C(C)(C)C. The number of pyridine rings is 1. The maximum atomic E-state index is 6.80. The zero-order chi connectivity index (χ0) is 21.4. The minimum Gasteiger partial charge on any atom is -0.477 e. The molecule has 29 heavy (non-hydrogen) atoms. The van der Waals surface area contributed by atoms with Gasteiger partial charge in [0.1, 0.15) is 0 Å². The molecule has 0 aliphatic heterocycles. The van der Waals surface area contributed by atoms with E-state index in [1.165, 1.54) is 16.7 Å². The maximum absolute atomic E-state index is 6.80. The van der Waals surface area contributed by atoms with Crippen molar-refractivity contribution in [2.24, 2.45) is 5.41 Å². The highest BCUT2D eigenvalue weighted by Gasteiger charge is 2.41. The lowest BCUT2D eigenvalue weighted by molar-refractivity contribution is 0.185. The predicted octanol–water partition coefficient (Wildman–Crippen LogP) is 7.18. The molecule has 158 valence electrons. The van der Waals surface area contributed by atoms with Gasteiger partial charge in [0, 0.05) is 11.8 Å². The summed E-state index contributed by atoms with van der Waals surface area (Å²) in [5.74, 6) is 0.726. The van der Waals surface area contributed by atoms with E-state index in [9.17, 15) is 0 Å². The normalized spacial score (nSPS) is 17.3. The number of benzene rings is 1. The first kappa shape index (κ1) is 22.0. The van der Waals surface area contributed by atoms with E-state index >= 15 is 0 Å². The summed E-state index contributed by atoms with van der Waals surface area (Å²) in [5.41, 5.74) is 5.15. The largest absolute Gasteiger partial charge is 0.477 e. The van der Waals surface area contributed by atoms with Crippen molar-refractivity contribution < 1.29 is 9.16 Å². The molecule has 0 amide bonds. The Kier molecular flexibility index (Phi) is 5.99. The van der Waals surface area contributed by atoms with Crippen LogP contribution in [0, 0.1) is 5.41 Å². The van der Waals surface area contributed by atoms with E-state index in [0.29, 0.717) is 6.61 Å². The fourth-order valence-electron chi connectivity index (χ4n) is 3.52. The molecule has 1 heterocycles. The third kappa shape index (κ3) is 4.92. The Morgan fingerprint density at radius 2 is 1.69 bits per heavy atom. The van der Waals surface area contributed by atoms with E-state index in [1.54, 1.807) is 0 Å². The molecule has 0 N–H and O–H groups in total. The molecular formula is C25H37NO2Si. The number of ether oxygens (including phenoxy) is 1. The minimum atomic E-state index is -1.82. The van der Waals surface area contributed by atoms with Crippen LogP contribution in [0.1, 0.15) is 65.2 Å². The Labute approximate surface area is 178 Å². The smallest absolute Gasteiger partial charge is 0.221 e. The van der Waals surface area contributed by atoms with Crippen molar-refractivity contribution in [3.63, 3.8) is 0 Å². The second kappa shape index (κ2) is 7.88. The summed E-state index contributed by atoms with van der Waals surface area (Å²) in [5, 5.41) is 0.213. The topological polar surface area (TPSA) is 31.4 Å². The first-order chi connectivity index (χ1) is 13.4. The number of nitrogens with zero attached hydrogens (tertiary/aromatic N) is 1. The lowest BCUT2D eigenvalue weighted by Crippen LogP contribution is -2.41. The Hall–Kier alpha value is -1.65. The highest BCUT2D eigenvalue weighted by molar-refractivity contribution is 6.74. The molecular weight excluding hydrogens is 374 g/mol. The van der Waals surface area contributed by atoms with E-state index in [2.05, 4.69) is 83.9 Å². The fourth-order valence-corrected chi connectivity index (χ4v) is 4.83. The number of rotatable bonds is 5. The summed E-state index contributed by atoms with van der Waals surface area (Å²) in [6.45, 7) is 18.8. The van der Waals surface area contributed by atoms with Gasteiger partial charge in [-0.2, -0.15) is 0 Å². The molecule has 3 rings (SSSR count). The molecule has 0 saturated heterocycles. The Morgan fingerprint density at radius 1 is 1.00 bits per heavy atom. The van der Waals surface area contributed by atoms with Gasteiger partial charge in [0.15, 0.2) is 8.32 Å². The van der Waals surface area contributed by atoms with Crippen molar-refractivity contribution in [3.8, 4) is 17.0 Å². The average Bonchev–Trinajstić information content (AvgIpc) is 3.01. The van der Waals surface area contributed by atoms with Crippen LogP contribution in [0.25, 0.3) is 11.1 Å². The molecule has 0 radical (unpaired) electrons. The van der Waals surface area contributed by atoms with Crippen molar-refractivity contribution in [3.05, 3.63) is 47.7 Å². The van der Waals surface area contributed by atoms with Gasteiger partial charge in [-0.1, -0.05) is 59.7 Å². The van der Waals surface area contributed by atoms with Gasteiger partial charge in [0.2, 0.25) is 5.88 Å². The second-order valence-corrected chi connectivity index (χ2v) is 15.7. The van der Waals surface area contributed by atoms with Gasteiger partial charge in [-0.3, -0.25) is 0 Å². The van der Waals surface area contributed by atoms with Crippen LogP contribution in [0.4, 0.5) is 0 Å². The van der Waals surface area contributed by atoms with Crippen LogP contribution in [0.2, 0.25) is 18.1 Å². The second-order valence-electron chi connectivity index (χ2n) is 11.0. The number of fused-ring (bicyclic) bond motifs is 1. The Balaban J connectivity index is 1.93. The molecule has 1 aliphatic rings. The molecule has 1 aliphatic carbocycles. The van der Waals surface area contributed by atoms with Crippen molar-refractivity contribution in [1.82, 2.24) is 4.98 Å².